The summed E-state index contributed by atoms with van der Waals surface area (Å²) in [5, 5.41) is 5.99. The number of H-pyrrole nitrogens is 1. The highest BCUT2D eigenvalue weighted by atomic mass is 16.2. The molecule has 0 aromatic carbocycles. The molecule has 1 amide bonds. The molecule has 0 radical (unpaired) electrons. The normalized spacial score (nSPS) is 23.2. The number of carbonyl (C=O) groups excluding carboxylic acids is 1. The Morgan fingerprint density at radius 2 is 1.82 bits per heavy atom. The summed E-state index contributed by atoms with van der Waals surface area (Å²) in [4.78, 5) is 24.6. The molecule has 1 aromatic heterocycles. The van der Waals surface area contributed by atoms with Crippen LogP contribution in [-0.2, 0) is 4.79 Å². The zero-order valence-electron chi connectivity index (χ0n) is 13.7. The van der Waals surface area contributed by atoms with Crippen LogP contribution >= 0.6 is 0 Å². The summed E-state index contributed by atoms with van der Waals surface area (Å²) in [6.07, 6.45) is 8.43. The first-order valence-electron chi connectivity index (χ1n) is 8.70. The van der Waals surface area contributed by atoms with Crippen molar-refractivity contribution < 1.29 is 4.79 Å². The number of anilines is 1. The molecule has 5 nitrogen and oxygen atoms in total. The first-order valence-corrected chi connectivity index (χ1v) is 8.70. The zero-order valence-corrected chi connectivity index (χ0v) is 13.7. The molecule has 0 bridgehead atoms. The number of nitrogens with one attached hydrogen (secondary N) is 2. The van der Waals surface area contributed by atoms with Gasteiger partial charge in [-0.2, -0.15) is 0 Å². The fourth-order valence-corrected chi connectivity index (χ4v) is 4.04. The number of amides is 1. The topological polar surface area (TPSA) is 66.9 Å². The molecule has 5 heteroatoms. The molecule has 1 aliphatic carbocycles. The van der Waals surface area contributed by atoms with E-state index in [-0.39, 0.29) is 17.4 Å². The third-order valence-electron chi connectivity index (χ3n) is 5.01. The standard InChI is InChI=1S/C17H27N3O2/c1-11(2)9-12-10-14(21)18-16-15(12)17(22)19-20(16)13-7-5-3-4-6-8-13/h11-13H,3-10H2,1-2H3,(H,18,21)(H,19,22). The lowest BCUT2D eigenvalue weighted by atomic mass is 9.86. The number of nitrogens with zero attached hydrogens (tertiary/aromatic N) is 1. The Morgan fingerprint density at radius 1 is 1.14 bits per heavy atom. The molecule has 2 N–H and O–H groups in total. The Bertz CT molecular complexity index is 592. The number of fused-ring (bicyclic) bond motifs is 1. The molecule has 2 aliphatic rings. The number of aromatic amines is 1. The van der Waals surface area contributed by atoms with Gasteiger partial charge in [-0.3, -0.25) is 19.4 Å². The molecule has 122 valence electrons. The molecular weight excluding hydrogens is 278 g/mol. The Balaban J connectivity index is 1.97. The van der Waals surface area contributed by atoms with Crippen molar-refractivity contribution in [2.45, 2.75) is 77.2 Å². The molecule has 1 aromatic rings. The monoisotopic (exact) mass is 305 g/mol. The van der Waals surface area contributed by atoms with Crippen LogP contribution in [0.5, 0.6) is 0 Å². The largest absolute Gasteiger partial charge is 0.311 e. The summed E-state index contributed by atoms with van der Waals surface area (Å²) in [5.74, 6) is 1.32. The van der Waals surface area contributed by atoms with Crippen LogP contribution in [0.25, 0.3) is 0 Å². The molecule has 1 atom stereocenters. The summed E-state index contributed by atoms with van der Waals surface area (Å²) in [6.45, 7) is 4.28. The van der Waals surface area contributed by atoms with Crippen molar-refractivity contribution in [3.63, 3.8) is 0 Å². The van der Waals surface area contributed by atoms with E-state index in [1.54, 1.807) is 0 Å². The van der Waals surface area contributed by atoms with E-state index < -0.39 is 0 Å². The van der Waals surface area contributed by atoms with Gasteiger partial charge in [0.05, 0.1) is 11.6 Å². The van der Waals surface area contributed by atoms with Crippen LogP contribution in [0.2, 0.25) is 0 Å². The lowest BCUT2D eigenvalue weighted by Gasteiger charge is -2.26. The van der Waals surface area contributed by atoms with Gasteiger partial charge in [-0.05, 0) is 25.2 Å². The Hall–Kier alpha value is -1.52. The number of hydrogen-bond donors (Lipinski definition) is 2. The molecule has 0 saturated heterocycles. The van der Waals surface area contributed by atoms with E-state index in [1.807, 2.05) is 4.68 Å². The van der Waals surface area contributed by atoms with Crippen molar-refractivity contribution >= 4 is 11.7 Å². The molecule has 2 heterocycles. The number of carbonyl (C=O) groups is 1. The smallest absolute Gasteiger partial charge is 0.269 e. The average molecular weight is 305 g/mol. The summed E-state index contributed by atoms with van der Waals surface area (Å²) in [5.41, 5.74) is 0.794. The highest BCUT2D eigenvalue weighted by Gasteiger charge is 2.33. The third-order valence-corrected chi connectivity index (χ3v) is 5.01. The van der Waals surface area contributed by atoms with E-state index in [9.17, 15) is 9.59 Å². The van der Waals surface area contributed by atoms with Crippen molar-refractivity contribution in [2.75, 3.05) is 5.32 Å². The van der Waals surface area contributed by atoms with Gasteiger partial charge in [-0.15, -0.1) is 0 Å². The van der Waals surface area contributed by atoms with E-state index in [4.69, 9.17) is 0 Å². The van der Waals surface area contributed by atoms with Gasteiger partial charge in [-0.25, -0.2) is 0 Å². The molecular formula is C17H27N3O2. The minimum Gasteiger partial charge on any atom is -0.311 e. The van der Waals surface area contributed by atoms with Crippen LogP contribution in [0.15, 0.2) is 4.79 Å². The van der Waals surface area contributed by atoms with Gasteiger partial charge in [0, 0.05) is 12.3 Å². The molecule has 1 aliphatic heterocycles. The number of rotatable bonds is 3. The second-order valence-corrected chi connectivity index (χ2v) is 7.30. The van der Waals surface area contributed by atoms with Gasteiger partial charge >= 0.3 is 0 Å². The first-order chi connectivity index (χ1) is 10.6. The fraction of sp³-hybridized carbons (Fsp3) is 0.765. The van der Waals surface area contributed by atoms with Crippen molar-refractivity contribution in [1.82, 2.24) is 9.78 Å². The summed E-state index contributed by atoms with van der Waals surface area (Å²) < 4.78 is 1.97. The highest BCUT2D eigenvalue weighted by molar-refractivity contribution is 5.93. The van der Waals surface area contributed by atoms with E-state index in [0.717, 1.165) is 30.6 Å². The van der Waals surface area contributed by atoms with E-state index in [2.05, 4.69) is 24.3 Å². The summed E-state index contributed by atoms with van der Waals surface area (Å²) in [6, 6.07) is 0.317. The second-order valence-electron chi connectivity index (χ2n) is 7.30. The van der Waals surface area contributed by atoms with E-state index in [1.165, 1.54) is 25.7 Å². The van der Waals surface area contributed by atoms with Gasteiger partial charge in [0.25, 0.3) is 5.56 Å². The molecule has 0 spiro atoms. The van der Waals surface area contributed by atoms with Crippen LogP contribution in [0, 0.1) is 5.92 Å². The number of hydrogen-bond acceptors (Lipinski definition) is 2. The molecule has 1 saturated carbocycles. The Morgan fingerprint density at radius 3 is 2.45 bits per heavy atom. The van der Waals surface area contributed by atoms with Crippen molar-refractivity contribution in [3.05, 3.63) is 15.9 Å². The molecule has 22 heavy (non-hydrogen) atoms. The van der Waals surface area contributed by atoms with Gasteiger partial charge in [-0.1, -0.05) is 39.5 Å². The lowest BCUT2D eigenvalue weighted by Crippen LogP contribution is -2.27. The van der Waals surface area contributed by atoms with Crippen LogP contribution in [0.1, 0.15) is 82.7 Å². The van der Waals surface area contributed by atoms with Crippen molar-refractivity contribution in [2.24, 2.45) is 5.92 Å². The summed E-state index contributed by atoms with van der Waals surface area (Å²) >= 11 is 0. The molecule has 3 rings (SSSR count). The van der Waals surface area contributed by atoms with E-state index in [0.29, 0.717) is 18.4 Å². The maximum Gasteiger partial charge on any atom is 0.269 e. The second kappa shape index (κ2) is 6.31. The maximum absolute atomic E-state index is 12.5. The Labute approximate surface area is 131 Å². The first kappa shape index (κ1) is 15.4. The van der Waals surface area contributed by atoms with Gasteiger partial charge in [0.15, 0.2) is 0 Å². The van der Waals surface area contributed by atoms with E-state index >= 15 is 0 Å². The predicted octanol–water partition coefficient (Wildman–Crippen LogP) is 3.54. The van der Waals surface area contributed by atoms with Crippen LogP contribution in [-0.4, -0.2) is 15.7 Å². The van der Waals surface area contributed by atoms with Crippen molar-refractivity contribution in [3.8, 4) is 0 Å². The average Bonchev–Trinajstić information content (AvgIpc) is 2.64. The number of aromatic nitrogens is 2. The Kier molecular flexibility index (Phi) is 4.41. The van der Waals surface area contributed by atoms with Crippen LogP contribution < -0.4 is 10.9 Å². The minimum atomic E-state index is -0.00935. The predicted molar refractivity (Wildman–Crippen MR) is 87.2 cm³/mol. The summed E-state index contributed by atoms with van der Waals surface area (Å²) in [7, 11) is 0. The maximum atomic E-state index is 12.5. The van der Waals surface area contributed by atoms with Crippen molar-refractivity contribution in [1.29, 1.82) is 0 Å². The van der Waals surface area contributed by atoms with Gasteiger partial charge < -0.3 is 5.32 Å². The zero-order chi connectivity index (χ0) is 15.7. The molecule has 1 unspecified atom stereocenters. The fourth-order valence-electron chi connectivity index (χ4n) is 4.04. The van der Waals surface area contributed by atoms with Gasteiger partial charge in [0.1, 0.15) is 5.82 Å². The highest BCUT2D eigenvalue weighted by Crippen LogP contribution is 2.37. The molecule has 1 fully saturated rings. The van der Waals surface area contributed by atoms with Gasteiger partial charge in [0.2, 0.25) is 5.91 Å². The van der Waals surface area contributed by atoms with Crippen LogP contribution in [0.4, 0.5) is 5.82 Å². The third kappa shape index (κ3) is 2.99. The quantitative estimate of drug-likeness (QED) is 0.839. The van der Waals surface area contributed by atoms with Crippen LogP contribution in [0.3, 0.4) is 0 Å². The minimum absolute atomic E-state index is 0.00935. The lowest BCUT2D eigenvalue weighted by molar-refractivity contribution is -0.117. The SMILES string of the molecule is CC(C)CC1CC(=O)Nc2c1c(=O)[nH]n2C1CCCCCC1.